The van der Waals surface area contributed by atoms with Crippen LogP contribution in [0, 0.1) is 5.41 Å². The van der Waals surface area contributed by atoms with Gasteiger partial charge in [0.2, 0.25) is 7.37 Å². The van der Waals surface area contributed by atoms with Crippen LogP contribution in [-0.4, -0.2) is 57.8 Å². The molecule has 2 heterocycles. The van der Waals surface area contributed by atoms with Crippen LogP contribution >= 0.6 is 19.1 Å². The van der Waals surface area contributed by atoms with Crippen LogP contribution in [-0.2, 0) is 34.7 Å². The molecule has 0 N–H and O–H groups in total. The summed E-state index contributed by atoms with van der Waals surface area (Å²) in [4.78, 5) is 45.6. The largest absolute Gasteiger partial charge is 0.338 e. The zero-order valence-corrected chi connectivity index (χ0v) is 20.2. The first kappa shape index (κ1) is 25.6. The van der Waals surface area contributed by atoms with Gasteiger partial charge in [0.05, 0.1) is 13.2 Å². The lowest BCUT2D eigenvalue weighted by Crippen LogP contribution is -2.45. The number of nitrogens with zero attached hydrogens (tertiary/aromatic N) is 2. The number of piperidine rings is 1. The molecule has 2 rings (SSSR count). The predicted molar refractivity (Wildman–Crippen MR) is 120 cm³/mol. The number of pyridine rings is 1. The molecule has 2 atom stereocenters. The molecule has 172 valence electrons. The maximum Gasteiger partial charge on any atom is 0.329 e. The molecule has 0 spiro atoms. The topological polar surface area (TPSA) is 103 Å². The molecule has 1 aliphatic heterocycles. The smallest absolute Gasteiger partial charge is 0.329 e. The number of carbonyl (C=O) groups excluding carboxylic acids is 3. The molecule has 8 nitrogen and oxygen atoms in total. The molecule has 1 fully saturated rings. The van der Waals surface area contributed by atoms with Gasteiger partial charge in [0, 0.05) is 36.1 Å². The molecule has 31 heavy (non-hydrogen) atoms. The van der Waals surface area contributed by atoms with Gasteiger partial charge in [-0.3, -0.25) is 23.9 Å². The Morgan fingerprint density at radius 3 is 2.68 bits per heavy atom. The number of hydrogen-bond donors (Lipinski definition) is 0. The highest BCUT2D eigenvalue weighted by Crippen LogP contribution is 2.55. The quantitative estimate of drug-likeness (QED) is 0.398. The Hall–Kier alpha value is -1.70. The molecule has 0 aliphatic carbocycles. The molecule has 0 aromatic carbocycles. The average molecular weight is 471 g/mol. The molecular formula is C21H31N2O6PS. The zero-order valence-electron chi connectivity index (χ0n) is 18.5. The summed E-state index contributed by atoms with van der Waals surface area (Å²) in [6.07, 6.45) is 3.14. The van der Waals surface area contributed by atoms with Crippen LogP contribution in [0.1, 0.15) is 46.2 Å². The molecule has 1 aromatic heterocycles. The maximum absolute atomic E-state index is 13.9. The number of rotatable bonds is 9. The Morgan fingerprint density at radius 1 is 1.32 bits per heavy atom. The molecule has 1 amide bonds. The third-order valence-corrected chi connectivity index (χ3v) is 8.87. The van der Waals surface area contributed by atoms with Gasteiger partial charge in [0.1, 0.15) is 5.66 Å². The summed E-state index contributed by atoms with van der Waals surface area (Å²) in [6, 6.07) is 5.47. The number of hydroxylamine groups is 2. The van der Waals surface area contributed by atoms with Crippen molar-refractivity contribution in [3.8, 4) is 0 Å². The maximum atomic E-state index is 13.9. The van der Waals surface area contributed by atoms with E-state index in [-0.39, 0.29) is 24.4 Å². The first-order valence-corrected chi connectivity index (χ1v) is 13.2. The Morgan fingerprint density at radius 2 is 2.06 bits per heavy atom. The van der Waals surface area contributed by atoms with Crippen molar-refractivity contribution in [2.24, 2.45) is 5.41 Å². The SMILES string of the molecule is CC(=O)ON1CCCC(P(=O)(CCc2ccccn2)OCCSC(=O)C(C)(C)C)C1=O. The van der Waals surface area contributed by atoms with Gasteiger partial charge in [-0.2, -0.15) is 5.06 Å². The summed E-state index contributed by atoms with van der Waals surface area (Å²) in [5.41, 5.74) is -0.603. The average Bonchev–Trinajstić information content (AvgIpc) is 2.71. The number of amides is 1. The van der Waals surface area contributed by atoms with Crippen molar-refractivity contribution in [3.05, 3.63) is 30.1 Å². The lowest BCUT2D eigenvalue weighted by molar-refractivity contribution is -0.199. The molecule has 1 aromatic rings. The fraction of sp³-hybridized carbons (Fsp3) is 0.619. The van der Waals surface area contributed by atoms with E-state index in [4.69, 9.17) is 9.36 Å². The standard InChI is InChI=1S/C21H31N2O6PS/c1-16(24)29-23-12-7-9-18(19(23)25)30(27,14-10-17-8-5-6-11-22-17)28-13-15-31-20(26)21(2,3)4/h5-6,8,11,18H,7,9-10,12-15H2,1-4H3. The van der Waals surface area contributed by atoms with Crippen molar-refractivity contribution < 1.29 is 28.3 Å². The van der Waals surface area contributed by atoms with Crippen molar-refractivity contribution in [3.63, 3.8) is 0 Å². The Labute approximate surface area is 187 Å². The van der Waals surface area contributed by atoms with Gasteiger partial charge in [0.15, 0.2) is 5.12 Å². The summed E-state index contributed by atoms with van der Waals surface area (Å²) in [5.74, 6) is -0.752. The van der Waals surface area contributed by atoms with Crippen molar-refractivity contribution in [1.29, 1.82) is 0 Å². The van der Waals surface area contributed by atoms with E-state index in [0.29, 0.717) is 25.0 Å². The van der Waals surface area contributed by atoms with Crippen LogP contribution in [0.3, 0.4) is 0 Å². The molecule has 0 bridgehead atoms. The number of hydrogen-bond acceptors (Lipinski definition) is 8. The predicted octanol–water partition coefficient (Wildman–Crippen LogP) is 3.69. The van der Waals surface area contributed by atoms with Gasteiger partial charge in [-0.1, -0.05) is 38.6 Å². The second-order valence-electron chi connectivity index (χ2n) is 8.42. The Bertz CT molecular complexity index is 827. The highest BCUT2D eigenvalue weighted by molar-refractivity contribution is 8.13. The van der Waals surface area contributed by atoms with E-state index in [0.717, 1.165) is 22.5 Å². The minimum atomic E-state index is -3.44. The second kappa shape index (κ2) is 11.2. The molecule has 0 radical (unpaired) electrons. The fourth-order valence-corrected chi connectivity index (χ4v) is 6.62. The van der Waals surface area contributed by atoms with Crippen molar-refractivity contribution in [2.75, 3.05) is 25.1 Å². The molecule has 1 aliphatic rings. The van der Waals surface area contributed by atoms with Gasteiger partial charge < -0.3 is 9.36 Å². The van der Waals surface area contributed by atoms with Crippen LogP contribution in [0.5, 0.6) is 0 Å². The lowest BCUT2D eigenvalue weighted by Gasteiger charge is -2.34. The summed E-state index contributed by atoms with van der Waals surface area (Å²) in [6.45, 7) is 7.09. The highest BCUT2D eigenvalue weighted by atomic mass is 32.2. The van der Waals surface area contributed by atoms with Gasteiger partial charge >= 0.3 is 5.97 Å². The van der Waals surface area contributed by atoms with E-state index in [2.05, 4.69) is 4.98 Å². The van der Waals surface area contributed by atoms with Crippen LogP contribution < -0.4 is 0 Å². The first-order valence-electron chi connectivity index (χ1n) is 10.3. The third-order valence-electron chi connectivity index (χ3n) is 4.73. The van der Waals surface area contributed by atoms with Crippen LogP contribution in [0.4, 0.5) is 0 Å². The van der Waals surface area contributed by atoms with E-state index in [1.165, 1.54) is 6.92 Å². The Balaban J connectivity index is 2.11. The highest BCUT2D eigenvalue weighted by Gasteiger charge is 2.44. The van der Waals surface area contributed by atoms with Crippen LogP contribution in [0.15, 0.2) is 24.4 Å². The summed E-state index contributed by atoms with van der Waals surface area (Å²) < 4.78 is 19.7. The summed E-state index contributed by atoms with van der Waals surface area (Å²) >= 11 is 1.13. The Kier molecular flexibility index (Phi) is 9.28. The fourth-order valence-electron chi connectivity index (χ4n) is 3.11. The monoisotopic (exact) mass is 470 g/mol. The molecule has 1 saturated heterocycles. The summed E-state index contributed by atoms with van der Waals surface area (Å²) in [5, 5.41) is 1.01. The van der Waals surface area contributed by atoms with Crippen molar-refractivity contribution in [1.82, 2.24) is 10.0 Å². The summed E-state index contributed by atoms with van der Waals surface area (Å²) in [7, 11) is -3.44. The third kappa shape index (κ3) is 7.74. The van der Waals surface area contributed by atoms with Gasteiger partial charge in [-0.15, -0.1) is 0 Å². The van der Waals surface area contributed by atoms with Gasteiger partial charge in [-0.25, -0.2) is 0 Å². The normalized spacial score (nSPS) is 19.0. The van der Waals surface area contributed by atoms with E-state index in [1.807, 2.05) is 32.9 Å². The molecule has 0 saturated carbocycles. The molecule has 10 heteroatoms. The van der Waals surface area contributed by atoms with Gasteiger partial charge in [0.25, 0.3) is 5.91 Å². The second-order valence-corrected chi connectivity index (χ2v) is 12.3. The van der Waals surface area contributed by atoms with Crippen LogP contribution in [0.2, 0.25) is 0 Å². The number of aromatic nitrogens is 1. The number of carbonyl (C=O) groups is 3. The van der Waals surface area contributed by atoms with E-state index in [1.54, 1.807) is 12.3 Å². The number of thioether (sulfide) groups is 1. The van der Waals surface area contributed by atoms with Crippen molar-refractivity contribution in [2.45, 2.75) is 52.6 Å². The first-order chi connectivity index (χ1) is 14.5. The van der Waals surface area contributed by atoms with Crippen molar-refractivity contribution >= 4 is 36.1 Å². The molecule has 2 unspecified atom stereocenters. The van der Waals surface area contributed by atoms with E-state index >= 15 is 0 Å². The minimum absolute atomic E-state index is 0.0224. The van der Waals surface area contributed by atoms with Crippen LogP contribution in [0.25, 0.3) is 0 Å². The van der Waals surface area contributed by atoms with E-state index < -0.39 is 30.3 Å². The van der Waals surface area contributed by atoms with E-state index in [9.17, 15) is 18.9 Å². The zero-order chi connectivity index (χ0) is 23.1. The minimum Gasteiger partial charge on any atom is -0.338 e. The molecular weight excluding hydrogens is 439 g/mol. The number of aryl methyl sites for hydroxylation is 1. The lowest BCUT2D eigenvalue weighted by atomic mass is 10.00. The van der Waals surface area contributed by atoms with Gasteiger partial charge in [-0.05, 0) is 31.4 Å².